The maximum absolute atomic E-state index is 12.6. The normalized spacial score (nSPS) is 10.9. The molecule has 0 fully saturated rings. The van der Waals surface area contributed by atoms with Crippen LogP contribution in [0.4, 0.5) is 0 Å². The molecule has 0 heterocycles. The first-order valence-corrected chi connectivity index (χ1v) is 14.0. The van der Waals surface area contributed by atoms with Gasteiger partial charge in [-0.15, -0.1) is 0 Å². The zero-order chi connectivity index (χ0) is 25.6. The number of hydrogen-bond acceptors (Lipinski definition) is 2. The average molecular weight is 503 g/mol. The van der Waals surface area contributed by atoms with Gasteiger partial charge in [0.25, 0.3) is 0 Å². The predicted octanol–water partition coefficient (Wildman–Crippen LogP) is 9.93. The Hall–Kier alpha value is -2.71. The maximum atomic E-state index is 12.6. The summed E-state index contributed by atoms with van der Waals surface area (Å²) in [5, 5.41) is 0.493. The van der Waals surface area contributed by atoms with E-state index in [4.69, 9.17) is 11.6 Å². The first kappa shape index (κ1) is 27.9. The maximum Gasteiger partial charge on any atom is 0.170 e. The fourth-order valence-corrected chi connectivity index (χ4v) is 4.73. The van der Waals surface area contributed by atoms with Gasteiger partial charge >= 0.3 is 0 Å². The highest BCUT2D eigenvalue weighted by Crippen LogP contribution is 2.22. The summed E-state index contributed by atoms with van der Waals surface area (Å²) >= 11 is 5.96. The Morgan fingerprint density at radius 3 is 1.72 bits per heavy atom. The van der Waals surface area contributed by atoms with E-state index in [0.29, 0.717) is 16.1 Å². The number of rotatable bonds is 16. The summed E-state index contributed by atoms with van der Waals surface area (Å²) in [5.74, 6) is -0.400. The average Bonchev–Trinajstić information content (AvgIpc) is 2.90. The van der Waals surface area contributed by atoms with Gasteiger partial charge < -0.3 is 0 Å². The van der Waals surface area contributed by atoms with Gasteiger partial charge in [0.1, 0.15) is 0 Å². The molecule has 3 aromatic carbocycles. The molecule has 0 aliphatic heterocycles. The minimum Gasteiger partial charge on any atom is -0.294 e. The Morgan fingerprint density at radius 2 is 1.14 bits per heavy atom. The van der Waals surface area contributed by atoms with Gasteiger partial charge in [-0.25, -0.2) is 0 Å². The number of hydrogen-bond donors (Lipinski definition) is 0. The second kappa shape index (κ2) is 15.4. The lowest BCUT2D eigenvalue weighted by Gasteiger charge is -2.07. The first-order valence-electron chi connectivity index (χ1n) is 13.6. The molecule has 0 saturated heterocycles. The molecule has 0 unspecified atom stereocenters. The zero-order valence-electron chi connectivity index (χ0n) is 21.6. The van der Waals surface area contributed by atoms with E-state index in [1.54, 1.807) is 36.4 Å². The highest BCUT2D eigenvalue weighted by atomic mass is 35.5. The topological polar surface area (TPSA) is 34.1 Å². The van der Waals surface area contributed by atoms with E-state index in [-0.39, 0.29) is 18.0 Å². The summed E-state index contributed by atoms with van der Waals surface area (Å²) < 4.78 is 0. The number of unbranched alkanes of at least 4 members (excludes halogenated alkanes) is 9. The monoisotopic (exact) mass is 502 g/mol. The van der Waals surface area contributed by atoms with E-state index in [2.05, 4.69) is 31.2 Å². The lowest BCUT2D eigenvalue weighted by molar-refractivity contribution is 0.0894. The van der Waals surface area contributed by atoms with Gasteiger partial charge in [0.05, 0.1) is 6.42 Å². The molecule has 0 N–H and O–H groups in total. The van der Waals surface area contributed by atoms with Crippen molar-refractivity contribution in [3.05, 3.63) is 94.5 Å². The molecule has 0 aromatic heterocycles. The number of halogens is 1. The predicted molar refractivity (Wildman–Crippen MR) is 152 cm³/mol. The highest BCUT2D eigenvalue weighted by molar-refractivity contribution is 6.31. The third kappa shape index (κ3) is 9.39. The van der Waals surface area contributed by atoms with Crippen LogP contribution in [0.25, 0.3) is 11.1 Å². The molecule has 3 rings (SSSR count). The SMILES string of the molecule is CCCCCCCCCCCCc1ccc(-c2ccc(C(=O)CC(=O)c3cccc(Cl)c3)cc2)cc1. The van der Waals surface area contributed by atoms with Crippen LogP contribution in [0.3, 0.4) is 0 Å². The smallest absolute Gasteiger partial charge is 0.170 e. The molecule has 0 radical (unpaired) electrons. The Labute approximate surface area is 222 Å². The van der Waals surface area contributed by atoms with Crippen LogP contribution in [0.5, 0.6) is 0 Å². The molecule has 0 amide bonds. The largest absolute Gasteiger partial charge is 0.294 e. The minimum atomic E-state index is -0.218. The Bertz CT molecular complexity index is 1080. The van der Waals surface area contributed by atoms with Crippen molar-refractivity contribution < 1.29 is 9.59 Å². The van der Waals surface area contributed by atoms with E-state index in [9.17, 15) is 9.59 Å². The van der Waals surface area contributed by atoms with Crippen LogP contribution >= 0.6 is 11.6 Å². The summed E-state index contributed by atoms with van der Waals surface area (Å²) in [6.45, 7) is 2.27. The molecule has 2 nitrogen and oxygen atoms in total. The molecular formula is C33H39ClO2. The molecule has 0 saturated carbocycles. The number of Topliss-reactive ketones (excluding diaryl/α,β-unsaturated/α-hetero) is 2. The van der Waals surface area contributed by atoms with E-state index >= 15 is 0 Å². The number of ketones is 2. The van der Waals surface area contributed by atoms with Crippen LogP contribution in [0.1, 0.15) is 104 Å². The van der Waals surface area contributed by atoms with Crippen molar-refractivity contribution in [2.75, 3.05) is 0 Å². The van der Waals surface area contributed by atoms with Crippen molar-refractivity contribution >= 4 is 23.2 Å². The first-order chi connectivity index (χ1) is 17.6. The summed E-state index contributed by atoms with van der Waals surface area (Å²) in [6, 6.07) is 23.0. The molecular weight excluding hydrogens is 464 g/mol. The van der Waals surface area contributed by atoms with Gasteiger partial charge in [-0.3, -0.25) is 9.59 Å². The van der Waals surface area contributed by atoms with E-state index < -0.39 is 0 Å². The fourth-order valence-electron chi connectivity index (χ4n) is 4.54. The van der Waals surface area contributed by atoms with Crippen molar-refractivity contribution in [3.63, 3.8) is 0 Å². The van der Waals surface area contributed by atoms with E-state index in [0.717, 1.165) is 17.5 Å². The number of benzene rings is 3. The molecule has 3 heteroatoms. The summed E-state index contributed by atoms with van der Waals surface area (Å²) in [7, 11) is 0. The minimum absolute atomic E-state index is 0.159. The van der Waals surface area contributed by atoms with Gasteiger partial charge in [-0.2, -0.15) is 0 Å². The van der Waals surface area contributed by atoms with Crippen molar-refractivity contribution in [1.29, 1.82) is 0 Å². The molecule has 0 spiro atoms. The fraction of sp³-hybridized carbons (Fsp3) is 0.394. The number of carbonyl (C=O) groups is 2. The third-order valence-corrected chi connectivity index (χ3v) is 7.02. The van der Waals surface area contributed by atoms with Crippen LogP contribution in [0.2, 0.25) is 5.02 Å². The Balaban J connectivity index is 1.40. The van der Waals surface area contributed by atoms with Crippen molar-refractivity contribution in [2.45, 2.75) is 84.0 Å². The summed E-state index contributed by atoms with van der Waals surface area (Å²) in [4.78, 5) is 25.0. The molecule has 0 atom stereocenters. The number of carbonyl (C=O) groups excluding carboxylic acids is 2. The van der Waals surface area contributed by atoms with Gasteiger partial charge in [-0.05, 0) is 41.7 Å². The molecule has 0 bridgehead atoms. The van der Waals surface area contributed by atoms with Gasteiger partial charge in [0, 0.05) is 16.1 Å². The van der Waals surface area contributed by atoms with Gasteiger partial charge in [0.2, 0.25) is 0 Å². The summed E-state index contributed by atoms with van der Waals surface area (Å²) in [5.41, 5.74) is 4.59. The lowest BCUT2D eigenvalue weighted by atomic mass is 9.97. The molecule has 3 aromatic rings. The standard InChI is InChI=1S/C33H39ClO2/c1-2-3-4-5-6-7-8-9-10-11-13-26-16-18-27(19-17-26)28-20-22-29(23-21-28)32(35)25-33(36)30-14-12-15-31(34)24-30/h12,14-24H,2-11,13,25H2,1H3. The van der Waals surface area contributed by atoms with Crippen LogP contribution in [-0.4, -0.2) is 11.6 Å². The summed E-state index contributed by atoms with van der Waals surface area (Å²) in [6.07, 6.45) is 14.6. The second-order valence-electron chi connectivity index (χ2n) is 9.74. The highest BCUT2D eigenvalue weighted by Gasteiger charge is 2.14. The Morgan fingerprint density at radius 1 is 0.611 bits per heavy atom. The zero-order valence-corrected chi connectivity index (χ0v) is 22.4. The van der Waals surface area contributed by atoms with Crippen molar-refractivity contribution in [2.24, 2.45) is 0 Å². The van der Waals surface area contributed by atoms with Gasteiger partial charge in [-0.1, -0.05) is 137 Å². The molecule has 0 aliphatic rings. The molecule has 0 aliphatic carbocycles. The molecule has 190 valence electrons. The van der Waals surface area contributed by atoms with Gasteiger partial charge in [0.15, 0.2) is 11.6 Å². The molecule has 36 heavy (non-hydrogen) atoms. The van der Waals surface area contributed by atoms with Crippen molar-refractivity contribution in [3.8, 4) is 11.1 Å². The lowest BCUT2D eigenvalue weighted by Crippen LogP contribution is -2.08. The van der Waals surface area contributed by atoms with E-state index in [1.807, 2.05) is 12.1 Å². The second-order valence-corrected chi connectivity index (χ2v) is 10.2. The van der Waals surface area contributed by atoms with Crippen LogP contribution in [0, 0.1) is 0 Å². The van der Waals surface area contributed by atoms with Crippen LogP contribution < -0.4 is 0 Å². The van der Waals surface area contributed by atoms with Crippen LogP contribution in [-0.2, 0) is 6.42 Å². The third-order valence-electron chi connectivity index (χ3n) is 6.78. The number of aryl methyl sites for hydroxylation is 1. The quantitative estimate of drug-likeness (QED) is 0.111. The van der Waals surface area contributed by atoms with Crippen molar-refractivity contribution in [1.82, 2.24) is 0 Å². The van der Waals surface area contributed by atoms with E-state index in [1.165, 1.54) is 69.8 Å². The van der Waals surface area contributed by atoms with Crippen LogP contribution in [0.15, 0.2) is 72.8 Å². The Kier molecular flexibility index (Phi) is 11.9.